The lowest BCUT2D eigenvalue weighted by Crippen LogP contribution is -2.06. The van der Waals surface area contributed by atoms with Gasteiger partial charge in [-0.15, -0.1) is 0 Å². The van der Waals surface area contributed by atoms with Crippen LogP contribution in [-0.4, -0.2) is 19.2 Å². The lowest BCUT2D eigenvalue weighted by atomic mass is 10.1. The predicted molar refractivity (Wildman–Crippen MR) is 76.3 cm³/mol. The summed E-state index contributed by atoms with van der Waals surface area (Å²) in [6.45, 7) is 4.89. The Labute approximate surface area is 115 Å². The van der Waals surface area contributed by atoms with Crippen molar-refractivity contribution in [3.8, 4) is 5.75 Å². The molecule has 0 atom stereocenters. The zero-order chi connectivity index (χ0) is 13.9. The average molecular weight is 262 g/mol. The molecule has 0 spiro atoms. The normalized spacial score (nSPS) is 10.6. The third-order valence-corrected chi connectivity index (χ3v) is 2.57. The van der Waals surface area contributed by atoms with Gasteiger partial charge >= 0.3 is 5.97 Å². The standard InChI is InChI=1S/C16H22O3/c1-3-6-14-8-10-15(11-9-14)18-12-5-13-19-16(17)7-4-2/h4,7-11H,3,5-6,12-13H2,1-2H3. The molecule has 0 aliphatic heterocycles. The number of aryl methyl sites for hydroxylation is 1. The van der Waals surface area contributed by atoms with Gasteiger partial charge in [-0.25, -0.2) is 4.79 Å². The van der Waals surface area contributed by atoms with E-state index < -0.39 is 0 Å². The van der Waals surface area contributed by atoms with Crippen LogP contribution in [0.1, 0.15) is 32.3 Å². The Kier molecular flexibility index (Phi) is 7.40. The molecule has 0 saturated carbocycles. The van der Waals surface area contributed by atoms with Crippen LogP contribution in [-0.2, 0) is 16.0 Å². The first-order valence-electron chi connectivity index (χ1n) is 6.77. The molecule has 0 bridgehead atoms. The molecule has 1 aromatic rings. The van der Waals surface area contributed by atoms with E-state index in [1.54, 1.807) is 13.0 Å². The molecule has 0 heterocycles. The summed E-state index contributed by atoms with van der Waals surface area (Å²) in [4.78, 5) is 11.0. The van der Waals surface area contributed by atoms with Gasteiger partial charge in [0.15, 0.2) is 0 Å². The Morgan fingerprint density at radius 1 is 1.21 bits per heavy atom. The van der Waals surface area contributed by atoms with Gasteiger partial charge in [0, 0.05) is 12.5 Å². The van der Waals surface area contributed by atoms with Crippen LogP contribution in [0.15, 0.2) is 36.4 Å². The molecule has 0 amide bonds. The molecule has 0 saturated heterocycles. The summed E-state index contributed by atoms with van der Waals surface area (Å²) in [6, 6.07) is 8.14. The van der Waals surface area contributed by atoms with Crippen LogP contribution in [0, 0.1) is 0 Å². The highest BCUT2D eigenvalue weighted by Gasteiger charge is 1.98. The van der Waals surface area contributed by atoms with E-state index in [1.165, 1.54) is 11.6 Å². The number of hydrogen-bond donors (Lipinski definition) is 0. The fraction of sp³-hybridized carbons (Fsp3) is 0.438. The summed E-state index contributed by atoms with van der Waals surface area (Å²) in [5.74, 6) is 0.561. The van der Waals surface area contributed by atoms with Crippen LogP contribution >= 0.6 is 0 Å². The minimum atomic E-state index is -0.300. The molecule has 19 heavy (non-hydrogen) atoms. The molecule has 104 valence electrons. The first kappa shape index (κ1) is 15.3. The topological polar surface area (TPSA) is 35.5 Å². The van der Waals surface area contributed by atoms with Crippen LogP contribution in [0.5, 0.6) is 5.75 Å². The number of carbonyl (C=O) groups is 1. The maximum absolute atomic E-state index is 11.0. The van der Waals surface area contributed by atoms with Crippen molar-refractivity contribution in [1.82, 2.24) is 0 Å². The molecule has 0 radical (unpaired) electrons. The Morgan fingerprint density at radius 2 is 1.95 bits per heavy atom. The number of carbonyl (C=O) groups excluding carboxylic acids is 1. The molecule has 0 unspecified atom stereocenters. The van der Waals surface area contributed by atoms with E-state index in [0.29, 0.717) is 19.6 Å². The van der Waals surface area contributed by atoms with Crippen LogP contribution in [0.3, 0.4) is 0 Å². The summed E-state index contributed by atoms with van der Waals surface area (Å²) in [7, 11) is 0. The molecular formula is C16H22O3. The van der Waals surface area contributed by atoms with Crippen molar-refractivity contribution < 1.29 is 14.3 Å². The molecule has 0 aliphatic rings. The van der Waals surface area contributed by atoms with Crippen LogP contribution in [0.25, 0.3) is 0 Å². The van der Waals surface area contributed by atoms with E-state index in [0.717, 1.165) is 18.6 Å². The first-order valence-corrected chi connectivity index (χ1v) is 6.77. The highest BCUT2D eigenvalue weighted by atomic mass is 16.5. The summed E-state index contributed by atoms with van der Waals surface area (Å²) in [5, 5.41) is 0. The number of esters is 1. The second-order valence-corrected chi connectivity index (χ2v) is 4.26. The second-order valence-electron chi connectivity index (χ2n) is 4.26. The van der Waals surface area contributed by atoms with Crippen molar-refractivity contribution in [3.63, 3.8) is 0 Å². The van der Waals surface area contributed by atoms with Gasteiger partial charge in [0.1, 0.15) is 5.75 Å². The monoisotopic (exact) mass is 262 g/mol. The van der Waals surface area contributed by atoms with Crippen molar-refractivity contribution in [3.05, 3.63) is 42.0 Å². The van der Waals surface area contributed by atoms with Crippen LogP contribution in [0.4, 0.5) is 0 Å². The van der Waals surface area contributed by atoms with Gasteiger partial charge in [-0.05, 0) is 31.0 Å². The Bertz CT molecular complexity index is 393. The van der Waals surface area contributed by atoms with E-state index in [-0.39, 0.29) is 5.97 Å². The fourth-order valence-corrected chi connectivity index (χ4v) is 1.65. The second kappa shape index (κ2) is 9.20. The molecule has 0 aliphatic carbocycles. The van der Waals surface area contributed by atoms with E-state index in [9.17, 15) is 4.79 Å². The molecule has 0 fully saturated rings. The van der Waals surface area contributed by atoms with Gasteiger partial charge in [-0.1, -0.05) is 31.6 Å². The van der Waals surface area contributed by atoms with Crippen LogP contribution in [0.2, 0.25) is 0 Å². The Morgan fingerprint density at radius 3 is 2.58 bits per heavy atom. The first-order chi connectivity index (χ1) is 9.26. The van der Waals surface area contributed by atoms with Gasteiger partial charge in [0.05, 0.1) is 13.2 Å². The smallest absolute Gasteiger partial charge is 0.330 e. The zero-order valence-electron chi connectivity index (χ0n) is 11.7. The quantitative estimate of drug-likeness (QED) is 0.408. The molecule has 1 aromatic carbocycles. The summed E-state index contributed by atoms with van der Waals surface area (Å²) < 4.78 is 10.5. The fourth-order valence-electron chi connectivity index (χ4n) is 1.65. The van der Waals surface area contributed by atoms with E-state index in [2.05, 4.69) is 19.1 Å². The molecule has 3 nitrogen and oxygen atoms in total. The van der Waals surface area contributed by atoms with Gasteiger partial charge < -0.3 is 9.47 Å². The maximum Gasteiger partial charge on any atom is 0.330 e. The Balaban J connectivity index is 2.17. The number of ether oxygens (including phenoxy) is 2. The zero-order valence-corrected chi connectivity index (χ0v) is 11.7. The van der Waals surface area contributed by atoms with Crippen molar-refractivity contribution in [2.24, 2.45) is 0 Å². The molecule has 1 rings (SSSR count). The van der Waals surface area contributed by atoms with Crippen molar-refractivity contribution in [2.45, 2.75) is 33.1 Å². The van der Waals surface area contributed by atoms with Crippen LogP contribution < -0.4 is 4.74 Å². The maximum atomic E-state index is 11.0. The third-order valence-electron chi connectivity index (χ3n) is 2.57. The van der Waals surface area contributed by atoms with Gasteiger partial charge in [-0.3, -0.25) is 0 Å². The molecule has 3 heteroatoms. The van der Waals surface area contributed by atoms with Crippen molar-refractivity contribution in [1.29, 1.82) is 0 Å². The lowest BCUT2D eigenvalue weighted by molar-refractivity contribution is -0.137. The minimum Gasteiger partial charge on any atom is -0.493 e. The van der Waals surface area contributed by atoms with Gasteiger partial charge in [-0.2, -0.15) is 0 Å². The predicted octanol–water partition coefficient (Wildman–Crippen LogP) is 3.53. The molecule has 0 aromatic heterocycles. The van der Waals surface area contributed by atoms with E-state index in [4.69, 9.17) is 9.47 Å². The largest absolute Gasteiger partial charge is 0.493 e. The summed E-state index contributed by atoms with van der Waals surface area (Å²) in [6.07, 6.45) is 6.02. The summed E-state index contributed by atoms with van der Waals surface area (Å²) in [5.41, 5.74) is 1.33. The SMILES string of the molecule is CC=CC(=O)OCCCOc1ccc(CCC)cc1. The highest BCUT2D eigenvalue weighted by molar-refractivity contribution is 5.81. The number of hydrogen-bond acceptors (Lipinski definition) is 3. The molecule has 0 N–H and O–H groups in total. The summed E-state index contributed by atoms with van der Waals surface area (Å²) >= 11 is 0. The number of benzene rings is 1. The van der Waals surface area contributed by atoms with Gasteiger partial charge in [0.2, 0.25) is 0 Å². The average Bonchev–Trinajstić information content (AvgIpc) is 2.41. The van der Waals surface area contributed by atoms with E-state index in [1.807, 2.05) is 12.1 Å². The molecular weight excluding hydrogens is 240 g/mol. The van der Waals surface area contributed by atoms with Crippen molar-refractivity contribution >= 4 is 5.97 Å². The van der Waals surface area contributed by atoms with Gasteiger partial charge in [0.25, 0.3) is 0 Å². The highest BCUT2D eigenvalue weighted by Crippen LogP contribution is 2.13. The number of allylic oxidation sites excluding steroid dienone is 1. The Hall–Kier alpha value is -1.77. The van der Waals surface area contributed by atoms with E-state index >= 15 is 0 Å². The number of rotatable bonds is 8. The lowest BCUT2D eigenvalue weighted by Gasteiger charge is -2.07. The van der Waals surface area contributed by atoms with Crippen molar-refractivity contribution in [2.75, 3.05) is 13.2 Å². The minimum absolute atomic E-state index is 0.300. The third kappa shape index (κ3) is 6.65.